The van der Waals surface area contributed by atoms with Gasteiger partial charge in [-0.3, -0.25) is 10.1 Å². The van der Waals surface area contributed by atoms with Crippen LogP contribution in [-0.4, -0.2) is 23.6 Å². The number of para-hydroxylation sites is 2. The lowest BCUT2D eigenvalue weighted by molar-refractivity contribution is -0.386. The van der Waals surface area contributed by atoms with Crippen LogP contribution in [0.1, 0.15) is 26.2 Å². The molecule has 0 radical (unpaired) electrons. The van der Waals surface area contributed by atoms with Crippen molar-refractivity contribution in [2.45, 2.75) is 38.3 Å². The van der Waals surface area contributed by atoms with Crippen LogP contribution >= 0.6 is 0 Å². The first kappa shape index (κ1) is 12.8. The molecular formula is C13H18N2O3. The molecule has 0 spiro atoms. The minimum atomic E-state index is -0.402. The first-order chi connectivity index (χ1) is 8.70. The molecule has 0 aliphatic heterocycles. The molecule has 5 nitrogen and oxygen atoms in total. The molecule has 0 atom stereocenters. The highest BCUT2D eigenvalue weighted by Gasteiger charge is 2.31. The molecule has 0 unspecified atom stereocenters. The third-order valence-corrected chi connectivity index (χ3v) is 3.13. The Bertz CT molecular complexity index is 416. The van der Waals surface area contributed by atoms with Gasteiger partial charge in [-0.15, -0.1) is 0 Å². The minimum absolute atomic E-state index is 0.0440. The van der Waals surface area contributed by atoms with Gasteiger partial charge in [-0.2, -0.15) is 0 Å². The van der Waals surface area contributed by atoms with Crippen molar-refractivity contribution in [3.05, 3.63) is 34.4 Å². The Balaban J connectivity index is 1.87. The van der Waals surface area contributed by atoms with Crippen LogP contribution < -0.4 is 10.1 Å². The van der Waals surface area contributed by atoms with Crippen LogP contribution in [0.15, 0.2) is 24.3 Å². The van der Waals surface area contributed by atoms with E-state index in [-0.39, 0.29) is 11.8 Å². The topological polar surface area (TPSA) is 64.4 Å². The molecule has 1 N–H and O–H groups in total. The number of nitrogens with zero attached hydrogens (tertiary/aromatic N) is 1. The van der Waals surface area contributed by atoms with Crippen LogP contribution in [0.4, 0.5) is 5.69 Å². The third kappa shape index (κ3) is 2.98. The number of nitro groups is 1. The van der Waals surface area contributed by atoms with Gasteiger partial charge in [0.1, 0.15) is 6.10 Å². The summed E-state index contributed by atoms with van der Waals surface area (Å²) in [6, 6.07) is 7.04. The molecule has 0 aromatic heterocycles. The van der Waals surface area contributed by atoms with Crippen LogP contribution in [0.2, 0.25) is 0 Å². The first-order valence-electron chi connectivity index (χ1n) is 6.34. The van der Waals surface area contributed by atoms with Crippen LogP contribution in [0.25, 0.3) is 0 Å². The van der Waals surface area contributed by atoms with Gasteiger partial charge in [0.15, 0.2) is 5.75 Å². The zero-order chi connectivity index (χ0) is 13.0. The van der Waals surface area contributed by atoms with E-state index in [2.05, 4.69) is 12.2 Å². The average molecular weight is 250 g/mol. The SMILES string of the molecule is CCCNC1CC(Oc2ccccc2[N+](=O)[O-])C1. The summed E-state index contributed by atoms with van der Waals surface area (Å²) >= 11 is 0. The number of hydrogen-bond acceptors (Lipinski definition) is 4. The zero-order valence-corrected chi connectivity index (χ0v) is 10.5. The molecule has 0 saturated heterocycles. The van der Waals surface area contributed by atoms with Crippen molar-refractivity contribution < 1.29 is 9.66 Å². The van der Waals surface area contributed by atoms with Gasteiger partial charge < -0.3 is 10.1 Å². The van der Waals surface area contributed by atoms with Crippen molar-refractivity contribution in [1.29, 1.82) is 0 Å². The fraction of sp³-hybridized carbons (Fsp3) is 0.538. The largest absolute Gasteiger partial charge is 0.483 e. The van der Waals surface area contributed by atoms with Gasteiger partial charge in [0.05, 0.1) is 4.92 Å². The van der Waals surface area contributed by atoms with E-state index in [1.54, 1.807) is 18.2 Å². The number of benzene rings is 1. The van der Waals surface area contributed by atoms with E-state index in [0.717, 1.165) is 25.8 Å². The summed E-state index contributed by atoms with van der Waals surface area (Å²) in [5.41, 5.74) is 0.0440. The second-order valence-electron chi connectivity index (χ2n) is 4.59. The lowest BCUT2D eigenvalue weighted by atomic mass is 9.89. The number of hydrogen-bond donors (Lipinski definition) is 1. The van der Waals surface area contributed by atoms with Gasteiger partial charge >= 0.3 is 5.69 Å². The second-order valence-corrected chi connectivity index (χ2v) is 4.59. The van der Waals surface area contributed by atoms with Crippen molar-refractivity contribution in [2.75, 3.05) is 6.54 Å². The quantitative estimate of drug-likeness (QED) is 0.622. The highest BCUT2D eigenvalue weighted by molar-refractivity contribution is 5.45. The summed E-state index contributed by atoms with van der Waals surface area (Å²) in [5.74, 6) is 0.376. The fourth-order valence-corrected chi connectivity index (χ4v) is 2.06. The lowest BCUT2D eigenvalue weighted by Crippen LogP contribution is -2.47. The van der Waals surface area contributed by atoms with Gasteiger partial charge in [-0.05, 0) is 31.9 Å². The predicted molar refractivity (Wildman–Crippen MR) is 68.8 cm³/mol. The van der Waals surface area contributed by atoms with E-state index < -0.39 is 4.92 Å². The molecule has 0 bridgehead atoms. The molecular weight excluding hydrogens is 232 g/mol. The molecule has 0 amide bonds. The van der Waals surface area contributed by atoms with Crippen molar-refractivity contribution in [2.24, 2.45) is 0 Å². The molecule has 1 saturated carbocycles. The highest BCUT2D eigenvalue weighted by Crippen LogP contribution is 2.31. The normalized spacial score (nSPS) is 22.3. The van der Waals surface area contributed by atoms with E-state index in [9.17, 15) is 10.1 Å². The predicted octanol–water partition coefficient (Wildman–Crippen LogP) is 2.50. The van der Waals surface area contributed by atoms with Gasteiger partial charge in [0.25, 0.3) is 0 Å². The lowest BCUT2D eigenvalue weighted by Gasteiger charge is -2.35. The summed E-state index contributed by atoms with van der Waals surface area (Å²) in [5, 5.41) is 14.2. The Morgan fingerprint density at radius 1 is 1.44 bits per heavy atom. The van der Waals surface area contributed by atoms with Gasteiger partial charge in [-0.25, -0.2) is 0 Å². The van der Waals surface area contributed by atoms with Gasteiger partial charge in [0, 0.05) is 12.1 Å². The number of ether oxygens (including phenoxy) is 1. The Morgan fingerprint density at radius 2 is 2.17 bits per heavy atom. The Kier molecular flexibility index (Phi) is 4.15. The van der Waals surface area contributed by atoms with Crippen molar-refractivity contribution >= 4 is 5.69 Å². The third-order valence-electron chi connectivity index (χ3n) is 3.13. The molecule has 18 heavy (non-hydrogen) atoms. The molecule has 1 aliphatic rings. The van der Waals surface area contributed by atoms with Gasteiger partial charge in [0.2, 0.25) is 0 Å². The molecule has 5 heteroatoms. The van der Waals surface area contributed by atoms with Crippen LogP contribution in [-0.2, 0) is 0 Å². The Morgan fingerprint density at radius 3 is 2.83 bits per heavy atom. The highest BCUT2D eigenvalue weighted by atomic mass is 16.6. The van der Waals surface area contributed by atoms with E-state index in [1.165, 1.54) is 6.07 Å². The maximum atomic E-state index is 10.8. The van der Waals surface area contributed by atoms with Gasteiger partial charge in [-0.1, -0.05) is 19.1 Å². The molecule has 1 aliphatic carbocycles. The van der Waals surface area contributed by atoms with E-state index >= 15 is 0 Å². The number of rotatable bonds is 6. The maximum absolute atomic E-state index is 10.8. The Hall–Kier alpha value is -1.62. The second kappa shape index (κ2) is 5.82. The summed E-state index contributed by atoms with van der Waals surface area (Å²) < 4.78 is 5.67. The molecule has 98 valence electrons. The smallest absolute Gasteiger partial charge is 0.310 e. The molecule has 0 heterocycles. The van der Waals surface area contributed by atoms with Crippen LogP contribution in [0.3, 0.4) is 0 Å². The molecule has 2 rings (SSSR count). The first-order valence-corrected chi connectivity index (χ1v) is 6.34. The molecule has 1 aromatic carbocycles. The monoisotopic (exact) mass is 250 g/mol. The summed E-state index contributed by atoms with van der Waals surface area (Å²) in [4.78, 5) is 10.4. The Labute approximate surface area is 106 Å². The fourth-order valence-electron chi connectivity index (χ4n) is 2.06. The standard InChI is InChI=1S/C13H18N2O3/c1-2-7-14-10-8-11(9-10)18-13-6-4-3-5-12(13)15(16)17/h3-6,10-11,14H,2,7-9H2,1H3. The van der Waals surface area contributed by atoms with Crippen molar-refractivity contribution in [3.8, 4) is 5.75 Å². The van der Waals surface area contributed by atoms with Crippen molar-refractivity contribution in [3.63, 3.8) is 0 Å². The summed E-state index contributed by atoms with van der Waals surface area (Å²) in [6.07, 6.45) is 3.06. The summed E-state index contributed by atoms with van der Waals surface area (Å²) in [6.45, 7) is 3.15. The maximum Gasteiger partial charge on any atom is 0.310 e. The van der Waals surface area contributed by atoms with Crippen LogP contribution in [0, 0.1) is 10.1 Å². The van der Waals surface area contributed by atoms with E-state index in [0.29, 0.717) is 11.8 Å². The minimum Gasteiger partial charge on any atom is -0.483 e. The molecule has 1 fully saturated rings. The van der Waals surface area contributed by atoms with E-state index in [1.807, 2.05) is 0 Å². The average Bonchev–Trinajstić information content (AvgIpc) is 2.32. The van der Waals surface area contributed by atoms with Crippen molar-refractivity contribution in [1.82, 2.24) is 5.32 Å². The molecule has 1 aromatic rings. The summed E-state index contributed by atoms with van der Waals surface area (Å²) in [7, 11) is 0. The zero-order valence-electron chi connectivity index (χ0n) is 10.5. The van der Waals surface area contributed by atoms with E-state index in [4.69, 9.17) is 4.74 Å². The number of nitrogens with one attached hydrogen (secondary N) is 1. The number of nitro benzene ring substituents is 1. The van der Waals surface area contributed by atoms with Crippen LogP contribution in [0.5, 0.6) is 5.75 Å².